The Balaban J connectivity index is 2.06. The number of rotatable bonds is 7. The van der Waals surface area contributed by atoms with Crippen LogP contribution in [0.15, 0.2) is 34.4 Å². The molecule has 1 heterocycles. The van der Waals surface area contributed by atoms with E-state index in [9.17, 15) is 18.1 Å². The van der Waals surface area contributed by atoms with Crippen LogP contribution in [0.2, 0.25) is 0 Å². The first kappa shape index (κ1) is 19.1. The fourth-order valence-electron chi connectivity index (χ4n) is 1.92. The van der Waals surface area contributed by atoms with E-state index in [0.29, 0.717) is 6.42 Å². The van der Waals surface area contributed by atoms with Crippen LogP contribution in [0.1, 0.15) is 22.0 Å². The van der Waals surface area contributed by atoms with Crippen molar-refractivity contribution in [2.75, 3.05) is 5.32 Å². The van der Waals surface area contributed by atoms with E-state index < -0.39 is 25.6 Å². The molecule has 1 aromatic carbocycles. The fraction of sp³-hybridized carbons (Fsp3) is 0.214. The second-order valence-electron chi connectivity index (χ2n) is 4.76. The molecule has 0 aliphatic carbocycles. The van der Waals surface area contributed by atoms with E-state index in [1.165, 1.54) is 9.65 Å². The Labute approximate surface area is 146 Å². The van der Waals surface area contributed by atoms with Gasteiger partial charge in [0.05, 0.1) is 0 Å². The van der Waals surface area contributed by atoms with Crippen molar-refractivity contribution in [3.8, 4) is 5.75 Å². The monoisotopic (exact) mass is 475 g/mol. The SMILES string of the molecule is O=C(CCc1ccc[te]1)Nc1ccc(OP(=O)(O)O)c(C(F)F)c1. The van der Waals surface area contributed by atoms with Gasteiger partial charge in [-0.15, -0.1) is 0 Å². The second kappa shape index (κ2) is 8.23. The number of alkyl halides is 2. The minimum atomic E-state index is -4.95. The zero-order chi connectivity index (χ0) is 17.7. The van der Waals surface area contributed by atoms with Gasteiger partial charge in [-0.05, 0) is 0 Å². The molecule has 0 unspecified atom stereocenters. The van der Waals surface area contributed by atoms with Crippen molar-refractivity contribution >= 4 is 39.8 Å². The summed E-state index contributed by atoms with van der Waals surface area (Å²) in [5.41, 5.74) is -0.589. The Bertz CT molecular complexity index is 748. The van der Waals surface area contributed by atoms with Gasteiger partial charge in [-0.2, -0.15) is 0 Å². The number of benzene rings is 1. The first-order chi connectivity index (χ1) is 11.2. The summed E-state index contributed by atoms with van der Waals surface area (Å²) < 4.78 is 44.4. The van der Waals surface area contributed by atoms with Gasteiger partial charge in [-0.3, -0.25) is 0 Å². The summed E-state index contributed by atoms with van der Waals surface area (Å²) in [6.07, 6.45) is -2.14. The van der Waals surface area contributed by atoms with Crippen molar-refractivity contribution in [2.24, 2.45) is 0 Å². The number of anilines is 1. The third-order valence-electron chi connectivity index (χ3n) is 2.92. The normalized spacial score (nSPS) is 11.5. The molecule has 24 heavy (non-hydrogen) atoms. The summed E-state index contributed by atoms with van der Waals surface area (Å²) in [6.45, 7) is 0. The number of nitrogens with one attached hydrogen (secondary N) is 1. The summed E-state index contributed by atoms with van der Waals surface area (Å²) in [5.74, 6) is -0.941. The Morgan fingerprint density at radius 1 is 1.33 bits per heavy atom. The van der Waals surface area contributed by atoms with Crippen molar-refractivity contribution in [3.63, 3.8) is 0 Å². The molecule has 0 radical (unpaired) electrons. The quantitative estimate of drug-likeness (QED) is 0.425. The van der Waals surface area contributed by atoms with Crippen LogP contribution in [0, 0.1) is 0 Å². The van der Waals surface area contributed by atoms with Crippen molar-refractivity contribution in [2.45, 2.75) is 19.3 Å². The first-order valence-electron chi connectivity index (χ1n) is 6.74. The van der Waals surface area contributed by atoms with Gasteiger partial charge in [-0.1, -0.05) is 0 Å². The molecule has 0 aliphatic rings. The predicted octanol–water partition coefficient (Wildman–Crippen LogP) is 2.72. The average Bonchev–Trinajstić information content (AvgIpc) is 2.98. The van der Waals surface area contributed by atoms with Gasteiger partial charge in [0.1, 0.15) is 0 Å². The molecule has 6 nitrogen and oxygen atoms in total. The molecular weight excluding hydrogens is 459 g/mol. The third kappa shape index (κ3) is 6.00. The molecule has 10 heteroatoms. The molecule has 0 atom stereocenters. The van der Waals surface area contributed by atoms with Crippen LogP contribution in [0.4, 0.5) is 14.5 Å². The fourth-order valence-corrected chi connectivity index (χ4v) is 4.37. The predicted molar refractivity (Wildman–Crippen MR) is 84.4 cm³/mol. The van der Waals surface area contributed by atoms with Gasteiger partial charge in [0.15, 0.2) is 0 Å². The van der Waals surface area contributed by atoms with Crippen LogP contribution in [-0.4, -0.2) is 36.1 Å². The number of carbonyl (C=O) groups excluding carboxylic acids is 1. The van der Waals surface area contributed by atoms with Crippen LogP contribution < -0.4 is 9.84 Å². The van der Waals surface area contributed by atoms with Gasteiger partial charge in [0.25, 0.3) is 0 Å². The Hall–Kier alpha value is -1.23. The Kier molecular flexibility index (Phi) is 6.55. The molecule has 2 rings (SSSR count). The van der Waals surface area contributed by atoms with E-state index in [2.05, 4.69) is 13.9 Å². The zero-order valence-corrected chi connectivity index (χ0v) is 15.4. The number of aryl methyl sites for hydroxylation is 1. The van der Waals surface area contributed by atoms with Crippen molar-refractivity contribution in [1.82, 2.24) is 0 Å². The molecule has 130 valence electrons. The van der Waals surface area contributed by atoms with E-state index >= 15 is 0 Å². The maximum absolute atomic E-state index is 13.0. The first-order valence-corrected chi connectivity index (χ1v) is 10.8. The Morgan fingerprint density at radius 3 is 2.67 bits per heavy atom. The molecule has 2 aromatic rings. The van der Waals surface area contributed by atoms with Crippen LogP contribution in [0.5, 0.6) is 5.75 Å². The summed E-state index contributed by atoms with van der Waals surface area (Å²) >= 11 is -0.309. The standard InChI is InChI=1S/C14H14F2NO5PTe/c15-14(16)11-8-9(3-5-12(11)22-23(19,20)21)17-13(18)6-4-10-2-1-7-24-10/h1-3,5,7-8,14H,4,6H2,(H,17,18)(H2,19,20,21). The number of amides is 1. The van der Waals surface area contributed by atoms with E-state index in [4.69, 9.17) is 9.79 Å². The van der Waals surface area contributed by atoms with E-state index in [0.717, 1.165) is 12.1 Å². The number of hydrogen-bond donors (Lipinski definition) is 3. The molecule has 0 aliphatic heterocycles. The topological polar surface area (TPSA) is 95.9 Å². The van der Waals surface area contributed by atoms with Crippen molar-refractivity contribution < 1.29 is 32.5 Å². The average molecular weight is 473 g/mol. The van der Waals surface area contributed by atoms with Gasteiger partial charge in [-0.25, -0.2) is 0 Å². The summed E-state index contributed by atoms with van der Waals surface area (Å²) in [4.78, 5) is 29.3. The number of phosphoric acid groups is 1. The maximum atomic E-state index is 13.0. The molecular formula is C14H14F2NO5PTe. The second-order valence-corrected chi connectivity index (χ2v) is 8.87. The summed E-state index contributed by atoms with van der Waals surface area (Å²) in [5, 5.41) is 2.50. The van der Waals surface area contributed by atoms with E-state index in [1.807, 2.05) is 12.1 Å². The number of phosphoric ester groups is 1. The van der Waals surface area contributed by atoms with Crippen LogP contribution >= 0.6 is 7.82 Å². The van der Waals surface area contributed by atoms with Gasteiger partial charge >= 0.3 is 146 Å². The third-order valence-corrected chi connectivity index (χ3v) is 6.03. The van der Waals surface area contributed by atoms with Gasteiger partial charge < -0.3 is 0 Å². The minimum absolute atomic E-state index is 0.114. The number of hydrogen-bond acceptors (Lipinski definition) is 3. The molecule has 0 bridgehead atoms. The number of carbonyl (C=O) groups is 1. The van der Waals surface area contributed by atoms with Gasteiger partial charge in [0.2, 0.25) is 0 Å². The summed E-state index contributed by atoms with van der Waals surface area (Å²) in [7, 11) is -4.95. The molecule has 0 saturated carbocycles. The Morgan fingerprint density at radius 2 is 2.08 bits per heavy atom. The van der Waals surface area contributed by atoms with Gasteiger partial charge in [0, 0.05) is 0 Å². The molecule has 1 amide bonds. The van der Waals surface area contributed by atoms with Crippen LogP contribution in [-0.2, 0) is 15.8 Å². The molecule has 0 fully saturated rings. The van der Waals surface area contributed by atoms with Crippen LogP contribution in [0.25, 0.3) is 0 Å². The molecule has 0 spiro atoms. The number of halogens is 2. The molecule has 3 N–H and O–H groups in total. The summed E-state index contributed by atoms with van der Waals surface area (Å²) in [6, 6.07) is 7.13. The van der Waals surface area contributed by atoms with E-state index in [1.54, 1.807) is 0 Å². The molecule has 0 saturated heterocycles. The molecule has 1 aromatic heterocycles. The van der Waals surface area contributed by atoms with E-state index in [-0.39, 0.29) is 38.4 Å². The zero-order valence-electron chi connectivity index (χ0n) is 12.2. The van der Waals surface area contributed by atoms with Crippen molar-refractivity contribution in [3.05, 3.63) is 43.6 Å². The van der Waals surface area contributed by atoms with Crippen molar-refractivity contribution in [1.29, 1.82) is 0 Å². The van der Waals surface area contributed by atoms with Crippen LogP contribution in [0.3, 0.4) is 0 Å².